The van der Waals surface area contributed by atoms with Crippen LogP contribution in [0.2, 0.25) is 0 Å². The number of halogens is 2. The molecular weight excluding hydrogens is 893 g/mol. The Balaban J connectivity index is -0.000000171. The lowest BCUT2D eigenvalue weighted by Gasteiger charge is -2.11. The molecule has 11 N–H and O–H groups in total. The predicted molar refractivity (Wildman–Crippen MR) is 262 cm³/mol. The summed E-state index contributed by atoms with van der Waals surface area (Å²) in [7, 11) is -0.500. The highest BCUT2D eigenvalue weighted by atomic mass is 19.1. The van der Waals surface area contributed by atoms with E-state index >= 15 is 0 Å². The normalized spacial score (nSPS) is 10.9. The zero-order chi connectivity index (χ0) is 54.0. The van der Waals surface area contributed by atoms with Crippen LogP contribution in [0, 0.1) is 0 Å². The van der Waals surface area contributed by atoms with E-state index in [4.69, 9.17) is 42.8 Å². The summed E-state index contributed by atoms with van der Waals surface area (Å²) in [4.78, 5) is 64.5. The molecule has 1 aromatic heterocycles. The Hall–Kier alpha value is -5.79. The van der Waals surface area contributed by atoms with E-state index < -0.39 is 19.0 Å². The van der Waals surface area contributed by atoms with Crippen molar-refractivity contribution in [1.29, 1.82) is 0 Å². The lowest BCUT2D eigenvalue weighted by Crippen LogP contribution is -2.30. The fourth-order valence-electron chi connectivity index (χ4n) is 3.77. The van der Waals surface area contributed by atoms with Crippen LogP contribution in [0.15, 0.2) is 98.1 Å². The number of alkyl halides is 2. The second kappa shape index (κ2) is 50.6. The Kier molecular flexibility index (Phi) is 51.2. The summed E-state index contributed by atoms with van der Waals surface area (Å²) < 4.78 is 26.7. The first-order valence-corrected chi connectivity index (χ1v) is 21.1. The number of benzene rings is 2. The third-order valence-electron chi connectivity index (χ3n) is 6.54. The van der Waals surface area contributed by atoms with E-state index in [0.29, 0.717) is 57.8 Å². The SMILES string of the molecule is C=C(C)NOCCC.C=C(C)NOCCN.C=C(C)n1cccn1.CCCO.CCCON.CCCON1C(=O)c2ccccc2C1=O.CF.NCCO.O=C1c2ccccc2C(=O)N1O.[2H]CF.[3HH]. The summed E-state index contributed by atoms with van der Waals surface area (Å²) in [6.45, 7) is 27.9. The number of imide groups is 2. The number of nitrogens with one attached hydrogen (secondary N) is 2. The summed E-state index contributed by atoms with van der Waals surface area (Å²) in [5.41, 5.74) is 19.0. The molecule has 0 bridgehead atoms. The third kappa shape index (κ3) is 35.4. The van der Waals surface area contributed by atoms with Crippen molar-refractivity contribution < 1.29 is 65.5 Å². The van der Waals surface area contributed by atoms with Crippen LogP contribution in [0.4, 0.5) is 8.78 Å². The van der Waals surface area contributed by atoms with Crippen LogP contribution < -0.4 is 28.3 Å². The first-order chi connectivity index (χ1) is 33.0. The molecular formula is C46H81F2N9O11. The lowest BCUT2D eigenvalue weighted by molar-refractivity contribution is -0.0909. The van der Waals surface area contributed by atoms with Crippen LogP contribution in [0.1, 0.15) is 118 Å². The van der Waals surface area contributed by atoms with Crippen LogP contribution in [0.5, 0.6) is 0 Å². The van der Waals surface area contributed by atoms with Crippen molar-refractivity contribution in [3.63, 3.8) is 0 Å². The van der Waals surface area contributed by atoms with Crippen molar-refractivity contribution in [1.82, 2.24) is 30.9 Å². The second-order valence-electron chi connectivity index (χ2n) is 12.8. The minimum absolute atomic E-state index is 0. The molecule has 2 aliphatic rings. The number of allylic oxidation sites excluding steroid dienone is 3. The van der Waals surface area contributed by atoms with E-state index in [-0.39, 0.29) is 36.0 Å². The number of aliphatic hydroxyl groups excluding tert-OH is 2. The van der Waals surface area contributed by atoms with Crippen molar-refractivity contribution in [2.24, 2.45) is 17.4 Å². The molecule has 0 radical (unpaired) electrons. The smallest absolute Gasteiger partial charge is 0.285 e. The van der Waals surface area contributed by atoms with Gasteiger partial charge in [-0.3, -0.25) is 58.6 Å². The summed E-state index contributed by atoms with van der Waals surface area (Å²) in [6, 6.07) is 14.9. The Morgan fingerprint density at radius 2 is 1.07 bits per heavy atom. The van der Waals surface area contributed by atoms with E-state index in [2.05, 4.69) is 53.5 Å². The lowest BCUT2D eigenvalue weighted by atomic mass is 10.1. The Bertz CT molecular complexity index is 1690. The van der Waals surface area contributed by atoms with Crippen LogP contribution in [0.25, 0.3) is 5.70 Å². The molecule has 2 aliphatic heterocycles. The molecule has 0 unspecified atom stereocenters. The first kappa shape index (κ1) is 68.8. The number of aliphatic hydroxyl groups is 2. The Morgan fingerprint density at radius 1 is 0.691 bits per heavy atom. The Morgan fingerprint density at radius 3 is 1.32 bits per heavy atom. The number of carbonyl (C=O) groups is 4. The molecule has 4 amide bonds. The van der Waals surface area contributed by atoms with Crippen molar-refractivity contribution in [3.05, 3.63) is 120 Å². The number of nitrogens with zero attached hydrogens (tertiary/aromatic N) is 4. The monoisotopic (exact) mass is 977 g/mol. The van der Waals surface area contributed by atoms with Gasteiger partial charge < -0.3 is 26.5 Å². The maximum atomic E-state index is 11.7. The fourth-order valence-corrected chi connectivity index (χ4v) is 3.77. The second-order valence-corrected chi connectivity index (χ2v) is 12.8. The first-order valence-electron chi connectivity index (χ1n) is 21.8. The van der Waals surface area contributed by atoms with Gasteiger partial charge in [-0.1, -0.05) is 71.7 Å². The summed E-state index contributed by atoms with van der Waals surface area (Å²) in [6.07, 6.45) is 7.25. The molecule has 3 aromatic rings. The molecule has 2 aromatic carbocycles. The average Bonchev–Trinajstić information content (AvgIpc) is 4.04. The summed E-state index contributed by atoms with van der Waals surface area (Å²) in [5, 5.41) is 29.5. The number of amides is 4. The molecule has 0 spiro atoms. The molecule has 3 heterocycles. The van der Waals surface area contributed by atoms with Gasteiger partial charge in [0.1, 0.15) is 0 Å². The number of rotatable bonds is 16. The average molecular weight is 977 g/mol. The van der Waals surface area contributed by atoms with E-state index in [1.54, 1.807) is 47.3 Å². The van der Waals surface area contributed by atoms with Gasteiger partial charge in [-0.05, 0) is 76.8 Å². The van der Waals surface area contributed by atoms with Gasteiger partial charge in [-0.25, -0.2) is 10.6 Å². The Labute approximate surface area is 404 Å². The molecule has 22 heteroatoms. The number of aromatic nitrogens is 2. The quantitative estimate of drug-likeness (QED) is 0.0345. The molecule has 0 atom stereocenters. The van der Waals surface area contributed by atoms with E-state index in [1.165, 1.54) is 12.1 Å². The molecule has 5 rings (SSSR count). The van der Waals surface area contributed by atoms with Crippen LogP contribution >= 0.6 is 0 Å². The maximum Gasteiger partial charge on any atom is 0.285 e. The highest BCUT2D eigenvalue weighted by Crippen LogP contribution is 2.22. The highest BCUT2D eigenvalue weighted by Gasteiger charge is 2.36. The number of hydrogen-bond acceptors (Lipinski definition) is 17. The van der Waals surface area contributed by atoms with Gasteiger partial charge in [0.25, 0.3) is 23.6 Å². The van der Waals surface area contributed by atoms with Gasteiger partial charge in [0.15, 0.2) is 0 Å². The molecule has 0 fully saturated rings. The van der Waals surface area contributed by atoms with Crippen molar-refractivity contribution in [2.45, 2.75) is 74.1 Å². The molecule has 0 aliphatic carbocycles. The van der Waals surface area contributed by atoms with E-state index in [0.717, 1.165) is 54.4 Å². The third-order valence-corrected chi connectivity index (χ3v) is 6.54. The molecule has 0 saturated carbocycles. The number of nitrogens with two attached hydrogens (primary N) is 3. The molecule has 390 valence electrons. The molecule has 68 heavy (non-hydrogen) atoms. The number of hydrogen-bond donors (Lipinski definition) is 8. The maximum absolute atomic E-state index is 11.7. The van der Waals surface area contributed by atoms with E-state index in [9.17, 15) is 28.0 Å². The van der Waals surface area contributed by atoms with Gasteiger partial charge >= 0.3 is 0 Å². The van der Waals surface area contributed by atoms with Gasteiger partial charge in [0.2, 0.25) is 0 Å². The summed E-state index contributed by atoms with van der Waals surface area (Å²) in [5.74, 6) is 2.58. The van der Waals surface area contributed by atoms with Crippen molar-refractivity contribution in [3.8, 4) is 0 Å². The fraction of sp³-hybridized carbons (Fsp3) is 0.457. The minimum atomic E-state index is -1.00. The van der Waals surface area contributed by atoms with Gasteiger partial charge in [-0.2, -0.15) is 5.10 Å². The van der Waals surface area contributed by atoms with Crippen LogP contribution in [0.3, 0.4) is 0 Å². The summed E-state index contributed by atoms with van der Waals surface area (Å²) >= 11 is 0. The number of fused-ring (bicyclic) bond motifs is 2. The standard InChI is InChI=1S/C11H11NO3.C8H5NO3.C6H8N2.C6H13NO.C5H12N2O.C3H9NO.C3H8O.C2H7NO.2CH3F.H2/c1-2-7-15-12-10(13)8-5-3-4-6-9(8)11(12)14;10-7-5-3-1-2-4-6(5)8(11)9(7)12;1-6(2)8-5-3-4-7-8;1-4-5-8-7-6(2)3;1-5(2)7-8-4-3-6;1-2-3-5-4;1-2-3-4;3-1-2-4;2*1-2;/h3-6H,2,7H2,1H3;1-4,12H;3-5H,1H2,2H3;7H,2,4-5H2,1,3H3;7H,1,3-4,6H2,2H3;2-4H2,1H3;4H,2-3H2,1H3;4H,1-3H2;2*1H3;1H/i;;;;;;;;1D;;1+2. The molecule has 0 saturated heterocycles. The largest absolute Gasteiger partial charge is 0.396 e. The van der Waals surface area contributed by atoms with Crippen molar-refractivity contribution >= 4 is 29.3 Å². The predicted octanol–water partition coefficient (Wildman–Crippen LogP) is 6.15. The highest BCUT2D eigenvalue weighted by molar-refractivity contribution is 6.21. The van der Waals surface area contributed by atoms with E-state index in [1.807, 2.05) is 53.8 Å². The van der Waals surface area contributed by atoms with Gasteiger partial charge in [-0.15, -0.1) is 10.1 Å². The zero-order valence-corrected chi connectivity index (χ0v) is 41.0. The molecule has 20 nitrogen and oxygen atoms in total. The van der Waals surface area contributed by atoms with Gasteiger partial charge in [0, 0.05) is 50.6 Å². The minimum Gasteiger partial charge on any atom is -0.396 e. The topological polar surface area (TPSA) is 292 Å². The van der Waals surface area contributed by atoms with Gasteiger partial charge in [0.05, 0.1) is 71.0 Å². The van der Waals surface area contributed by atoms with Crippen LogP contribution in [-0.4, -0.2) is 126 Å². The van der Waals surface area contributed by atoms with Crippen molar-refractivity contribution in [2.75, 3.05) is 67.1 Å². The number of carbonyl (C=O) groups excluding carboxylic acids is 4. The van der Waals surface area contributed by atoms with Crippen LogP contribution in [-0.2, 0) is 19.4 Å². The number of hydroxylamine groups is 6. The zero-order valence-electron chi connectivity index (χ0n) is 42.0.